The second-order valence-corrected chi connectivity index (χ2v) is 5.12. The van der Waals surface area contributed by atoms with Crippen molar-refractivity contribution in [1.29, 1.82) is 0 Å². The van der Waals surface area contributed by atoms with E-state index in [0.717, 1.165) is 0 Å². The SMILES string of the molecule is O=C(O)c1ccccc1NCc1ccc(CSC(F)F)o1. The summed E-state index contributed by atoms with van der Waals surface area (Å²) < 4.78 is 29.5. The first-order valence-electron chi connectivity index (χ1n) is 6.10. The number of halogens is 2. The molecule has 0 unspecified atom stereocenters. The molecule has 0 spiro atoms. The fraction of sp³-hybridized carbons (Fsp3) is 0.214. The number of furan rings is 1. The van der Waals surface area contributed by atoms with E-state index < -0.39 is 11.7 Å². The fourth-order valence-electron chi connectivity index (χ4n) is 1.75. The Morgan fingerprint density at radius 3 is 2.67 bits per heavy atom. The Morgan fingerprint density at radius 2 is 1.95 bits per heavy atom. The zero-order valence-corrected chi connectivity index (χ0v) is 11.7. The van der Waals surface area contributed by atoms with Gasteiger partial charge in [-0.05, 0) is 24.3 Å². The second-order valence-electron chi connectivity index (χ2n) is 4.14. The van der Waals surface area contributed by atoms with Crippen LogP contribution in [0.3, 0.4) is 0 Å². The van der Waals surface area contributed by atoms with Gasteiger partial charge < -0.3 is 14.8 Å². The Kier molecular flexibility index (Phi) is 5.21. The van der Waals surface area contributed by atoms with Crippen LogP contribution in [0.4, 0.5) is 14.5 Å². The van der Waals surface area contributed by atoms with Gasteiger partial charge in [-0.1, -0.05) is 23.9 Å². The molecule has 0 aliphatic heterocycles. The monoisotopic (exact) mass is 313 g/mol. The van der Waals surface area contributed by atoms with Gasteiger partial charge in [0.2, 0.25) is 0 Å². The van der Waals surface area contributed by atoms with Gasteiger partial charge in [0, 0.05) is 5.69 Å². The molecule has 1 aromatic carbocycles. The van der Waals surface area contributed by atoms with E-state index >= 15 is 0 Å². The summed E-state index contributed by atoms with van der Waals surface area (Å²) in [6, 6.07) is 9.83. The number of hydrogen-bond acceptors (Lipinski definition) is 4. The molecule has 1 heterocycles. The van der Waals surface area contributed by atoms with Gasteiger partial charge >= 0.3 is 5.97 Å². The number of carbonyl (C=O) groups is 1. The van der Waals surface area contributed by atoms with Crippen molar-refractivity contribution in [2.75, 3.05) is 5.32 Å². The summed E-state index contributed by atoms with van der Waals surface area (Å²) in [4.78, 5) is 11.0. The first-order valence-corrected chi connectivity index (χ1v) is 7.14. The topological polar surface area (TPSA) is 62.5 Å². The summed E-state index contributed by atoms with van der Waals surface area (Å²) >= 11 is 0.493. The highest BCUT2D eigenvalue weighted by Gasteiger charge is 2.10. The van der Waals surface area contributed by atoms with Crippen LogP contribution in [0.25, 0.3) is 0 Å². The molecule has 0 bridgehead atoms. The van der Waals surface area contributed by atoms with Gasteiger partial charge in [0.15, 0.2) is 0 Å². The summed E-state index contributed by atoms with van der Waals surface area (Å²) in [5.41, 5.74) is 0.641. The maximum Gasteiger partial charge on any atom is 0.337 e. The molecule has 112 valence electrons. The highest BCUT2D eigenvalue weighted by molar-refractivity contribution is 7.98. The number of carboxylic acid groups (broad SMARTS) is 1. The molecule has 21 heavy (non-hydrogen) atoms. The second kappa shape index (κ2) is 7.12. The number of anilines is 1. The van der Waals surface area contributed by atoms with Crippen molar-refractivity contribution in [3.63, 3.8) is 0 Å². The van der Waals surface area contributed by atoms with Crippen LogP contribution in [-0.4, -0.2) is 16.8 Å². The number of nitrogens with one attached hydrogen (secondary N) is 1. The molecule has 0 atom stereocenters. The van der Waals surface area contributed by atoms with Gasteiger partial charge in [-0.15, -0.1) is 0 Å². The molecule has 0 radical (unpaired) electrons. The van der Waals surface area contributed by atoms with E-state index in [-0.39, 0.29) is 17.9 Å². The van der Waals surface area contributed by atoms with Crippen LogP contribution in [0.5, 0.6) is 0 Å². The van der Waals surface area contributed by atoms with Crippen LogP contribution in [0, 0.1) is 0 Å². The molecule has 0 aliphatic rings. The Balaban J connectivity index is 1.96. The van der Waals surface area contributed by atoms with Crippen molar-refractivity contribution in [2.45, 2.75) is 18.1 Å². The minimum atomic E-state index is -2.43. The summed E-state index contributed by atoms with van der Waals surface area (Å²) in [6.07, 6.45) is 0. The van der Waals surface area contributed by atoms with E-state index in [1.54, 1.807) is 30.3 Å². The van der Waals surface area contributed by atoms with Gasteiger partial charge in [-0.2, -0.15) is 8.78 Å². The van der Waals surface area contributed by atoms with E-state index in [1.807, 2.05) is 0 Å². The average Bonchev–Trinajstić information content (AvgIpc) is 2.91. The molecule has 7 heteroatoms. The minimum Gasteiger partial charge on any atom is -0.478 e. The number of para-hydroxylation sites is 1. The largest absolute Gasteiger partial charge is 0.478 e. The first kappa shape index (κ1) is 15.4. The lowest BCUT2D eigenvalue weighted by Gasteiger charge is -2.07. The maximum atomic E-state index is 12.1. The number of rotatable bonds is 7. The number of benzene rings is 1. The molecule has 0 amide bonds. The van der Waals surface area contributed by atoms with Crippen molar-refractivity contribution in [1.82, 2.24) is 0 Å². The third-order valence-corrected chi connectivity index (χ3v) is 3.38. The van der Waals surface area contributed by atoms with Crippen molar-refractivity contribution < 1.29 is 23.1 Å². The van der Waals surface area contributed by atoms with Gasteiger partial charge in [0.1, 0.15) is 11.5 Å². The molecule has 0 fully saturated rings. The molecule has 2 aromatic rings. The molecule has 1 aromatic heterocycles. The molecule has 2 N–H and O–H groups in total. The predicted octanol–water partition coefficient (Wildman–Crippen LogP) is 4.05. The number of hydrogen-bond donors (Lipinski definition) is 2. The molecule has 0 aliphatic carbocycles. The van der Waals surface area contributed by atoms with Crippen molar-refractivity contribution >= 4 is 23.4 Å². The Morgan fingerprint density at radius 1 is 1.24 bits per heavy atom. The Labute approximate surface area is 124 Å². The predicted molar refractivity (Wildman–Crippen MR) is 76.7 cm³/mol. The first-order chi connectivity index (χ1) is 10.1. The third kappa shape index (κ3) is 4.49. The lowest BCUT2D eigenvalue weighted by Crippen LogP contribution is -2.05. The summed E-state index contributed by atoms with van der Waals surface area (Å²) in [6.45, 7) is 0.281. The Bertz CT molecular complexity index is 616. The van der Waals surface area contributed by atoms with Crippen LogP contribution < -0.4 is 5.32 Å². The normalized spacial score (nSPS) is 10.8. The van der Waals surface area contributed by atoms with E-state index in [2.05, 4.69) is 5.32 Å². The van der Waals surface area contributed by atoms with Crippen molar-refractivity contribution in [3.8, 4) is 0 Å². The lowest BCUT2D eigenvalue weighted by molar-refractivity contribution is 0.0698. The fourth-order valence-corrected chi connectivity index (χ4v) is 2.19. The molecular formula is C14H13F2NO3S. The standard InChI is InChI=1S/C14H13F2NO3S/c15-14(16)21-8-10-6-5-9(20-10)7-17-12-4-2-1-3-11(12)13(18)19/h1-6,14,17H,7-8H2,(H,18,19). The Hall–Kier alpha value is -2.02. The van der Waals surface area contributed by atoms with Crippen LogP contribution in [0.15, 0.2) is 40.8 Å². The molecule has 0 saturated carbocycles. The van der Waals surface area contributed by atoms with Crippen molar-refractivity contribution in [2.24, 2.45) is 0 Å². The number of aromatic carboxylic acids is 1. The van der Waals surface area contributed by atoms with Crippen LogP contribution >= 0.6 is 11.8 Å². The highest BCUT2D eigenvalue weighted by Crippen LogP contribution is 2.22. The number of carboxylic acids is 1. The van der Waals surface area contributed by atoms with Gasteiger partial charge in [0.25, 0.3) is 5.76 Å². The average molecular weight is 313 g/mol. The summed E-state index contributed by atoms with van der Waals surface area (Å²) in [5.74, 6) is -2.34. The van der Waals surface area contributed by atoms with Crippen LogP contribution in [0.1, 0.15) is 21.9 Å². The molecule has 0 saturated heterocycles. The summed E-state index contributed by atoms with van der Waals surface area (Å²) in [7, 11) is 0. The number of thioether (sulfide) groups is 1. The van der Waals surface area contributed by atoms with E-state index in [0.29, 0.717) is 29.0 Å². The number of alkyl halides is 2. The van der Waals surface area contributed by atoms with Gasteiger partial charge in [-0.3, -0.25) is 0 Å². The lowest BCUT2D eigenvalue weighted by atomic mass is 10.2. The zero-order chi connectivity index (χ0) is 15.2. The van der Waals surface area contributed by atoms with Crippen LogP contribution in [0.2, 0.25) is 0 Å². The van der Waals surface area contributed by atoms with E-state index in [4.69, 9.17) is 9.52 Å². The van der Waals surface area contributed by atoms with Gasteiger partial charge in [0.05, 0.1) is 17.9 Å². The molecular weight excluding hydrogens is 300 g/mol. The zero-order valence-electron chi connectivity index (χ0n) is 10.9. The molecule has 2 rings (SSSR count). The maximum absolute atomic E-state index is 12.1. The quantitative estimate of drug-likeness (QED) is 0.807. The minimum absolute atomic E-state index is 0.101. The smallest absolute Gasteiger partial charge is 0.337 e. The van der Waals surface area contributed by atoms with E-state index in [9.17, 15) is 13.6 Å². The third-order valence-electron chi connectivity index (χ3n) is 2.68. The highest BCUT2D eigenvalue weighted by atomic mass is 32.2. The van der Waals surface area contributed by atoms with Crippen molar-refractivity contribution in [3.05, 3.63) is 53.5 Å². The van der Waals surface area contributed by atoms with Gasteiger partial charge in [-0.25, -0.2) is 4.79 Å². The summed E-state index contributed by atoms with van der Waals surface area (Å²) in [5, 5.41) is 12.0. The van der Waals surface area contributed by atoms with E-state index in [1.165, 1.54) is 6.07 Å². The van der Waals surface area contributed by atoms with Crippen LogP contribution in [-0.2, 0) is 12.3 Å². The molecule has 4 nitrogen and oxygen atoms in total.